The van der Waals surface area contributed by atoms with Crippen molar-refractivity contribution in [1.82, 2.24) is 9.97 Å². The van der Waals surface area contributed by atoms with Crippen LogP contribution in [-0.2, 0) is 9.84 Å². The first-order chi connectivity index (χ1) is 18.6. The van der Waals surface area contributed by atoms with Crippen molar-refractivity contribution in [3.8, 4) is 5.75 Å². The van der Waals surface area contributed by atoms with Crippen molar-refractivity contribution < 1.29 is 22.3 Å². The van der Waals surface area contributed by atoms with Crippen molar-refractivity contribution in [3.05, 3.63) is 89.3 Å². The number of nitrogens with one attached hydrogen (secondary N) is 3. The molecule has 39 heavy (non-hydrogen) atoms. The van der Waals surface area contributed by atoms with Crippen LogP contribution in [0.5, 0.6) is 5.75 Å². The third-order valence-corrected chi connectivity index (χ3v) is 8.17. The van der Waals surface area contributed by atoms with E-state index in [0.29, 0.717) is 11.4 Å². The summed E-state index contributed by atoms with van der Waals surface area (Å²) in [7, 11) is -2.13. The van der Waals surface area contributed by atoms with E-state index in [4.69, 9.17) is 16.3 Å². The number of ether oxygens (including phenoxy) is 1. The van der Waals surface area contributed by atoms with E-state index in [1.807, 2.05) is 0 Å². The summed E-state index contributed by atoms with van der Waals surface area (Å²) in [6.07, 6.45) is 1.24. The van der Waals surface area contributed by atoms with Gasteiger partial charge < -0.3 is 20.7 Å². The molecule has 0 aliphatic rings. The van der Waals surface area contributed by atoms with Crippen LogP contribution < -0.4 is 20.7 Å². The summed E-state index contributed by atoms with van der Waals surface area (Å²) in [6, 6.07) is 17.3. The molecular formula is C27H25ClFN5O4S. The van der Waals surface area contributed by atoms with Gasteiger partial charge >= 0.3 is 0 Å². The molecule has 0 radical (unpaired) electrons. The van der Waals surface area contributed by atoms with Crippen molar-refractivity contribution in [2.24, 2.45) is 0 Å². The van der Waals surface area contributed by atoms with E-state index < -0.39 is 26.8 Å². The maximum absolute atomic E-state index is 14.4. The fourth-order valence-electron chi connectivity index (χ4n) is 3.50. The number of sulfone groups is 1. The quantitative estimate of drug-likeness (QED) is 0.218. The first-order valence-electron chi connectivity index (χ1n) is 11.7. The van der Waals surface area contributed by atoms with Gasteiger partial charge in [-0.05, 0) is 62.4 Å². The zero-order valence-electron chi connectivity index (χ0n) is 21.2. The van der Waals surface area contributed by atoms with E-state index >= 15 is 0 Å². The Morgan fingerprint density at radius 2 is 1.72 bits per heavy atom. The Morgan fingerprint density at radius 3 is 2.38 bits per heavy atom. The highest BCUT2D eigenvalue weighted by atomic mass is 35.5. The van der Waals surface area contributed by atoms with Crippen LogP contribution in [0.4, 0.5) is 33.2 Å². The molecule has 0 atom stereocenters. The number of benzene rings is 3. The van der Waals surface area contributed by atoms with Crippen LogP contribution in [0.1, 0.15) is 24.2 Å². The maximum Gasteiger partial charge on any atom is 0.261 e. The van der Waals surface area contributed by atoms with Gasteiger partial charge in [-0.1, -0.05) is 29.8 Å². The predicted octanol–water partition coefficient (Wildman–Crippen LogP) is 6.20. The fraction of sp³-hybridized carbons (Fsp3) is 0.148. The van der Waals surface area contributed by atoms with Crippen LogP contribution >= 0.6 is 11.6 Å². The van der Waals surface area contributed by atoms with E-state index in [-0.39, 0.29) is 38.6 Å². The summed E-state index contributed by atoms with van der Waals surface area (Å²) >= 11 is 6.08. The lowest BCUT2D eigenvalue weighted by Gasteiger charge is -2.17. The predicted molar refractivity (Wildman–Crippen MR) is 150 cm³/mol. The average Bonchev–Trinajstić information content (AvgIpc) is 2.91. The number of carbonyl (C=O) groups excluding carboxylic acids is 1. The van der Waals surface area contributed by atoms with E-state index in [1.54, 1.807) is 63.4 Å². The van der Waals surface area contributed by atoms with Gasteiger partial charge in [-0.15, -0.1) is 0 Å². The lowest BCUT2D eigenvalue weighted by Crippen LogP contribution is -2.18. The number of amides is 1. The molecule has 0 saturated carbocycles. The Bertz CT molecular complexity index is 1600. The van der Waals surface area contributed by atoms with Crippen molar-refractivity contribution in [3.63, 3.8) is 0 Å². The number of para-hydroxylation sites is 2. The largest absolute Gasteiger partial charge is 0.497 e. The minimum Gasteiger partial charge on any atom is -0.497 e. The molecule has 0 aliphatic heterocycles. The molecule has 3 aromatic carbocycles. The standard InChI is InChI=1S/C27H25ClFN5O4S/c1-16(2)39(36,37)23-10-5-4-9-22(23)32-25-19(26(35)33-24-20(28)7-6-8-21(24)29)15-30-27(34-25)31-17-11-13-18(38-3)14-12-17/h4-16H,1-3H3,(H,33,35)(H2,30,31,32,34). The van der Waals surface area contributed by atoms with Gasteiger partial charge in [-0.25, -0.2) is 17.8 Å². The molecule has 0 saturated heterocycles. The molecule has 0 unspecified atom stereocenters. The van der Waals surface area contributed by atoms with Crippen LogP contribution in [0.25, 0.3) is 0 Å². The van der Waals surface area contributed by atoms with Crippen molar-refractivity contribution in [2.45, 2.75) is 24.0 Å². The number of aromatic nitrogens is 2. The average molecular weight is 570 g/mol. The molecule has 202 valence electrons. The van der Waals surface area contributed by atoms with Crippen LogP contribution in [0.15, 0.2) is 77.8 Å². The van der Waals surface area contributed by atoms with E-state index in [2.05, 4.69) is 25.9 Å². The third-order valence-electron chi connectivity index (χ3n) is 5.65. The van der Waals surface area contributed by atoms with Crippen LogP contribution in [0.3, 0.4) is 0 Å². The summed E-state index contributed by atoms with van der Waals surface area (Å²) < 4.78 is 45.5. The SMILES string of the molecule is COc1ccc(Nc2ncc(C(=O)Nc3c(F)cccc3Cl)c(Nc3ccccc3S(=O)(=O)C(C)C)n2)cc1. The minimum absolute atomic E-state index is 0.00458. The third kappa shape index (κ3) is 6.27. The van der Waals surface area contributed by atoms with Crippen LogP contribution in [0, 0.1) is 5.82 Å². The summed E-state index contributed by atoms with van der Waals surface area (Å²) in [5, 5.41) is 7.76. The van der Waals surface area contributed by atoms with Gasteiger partial charge in [-0.3, -0.25) is 4.79 Å². The maximum atomic E-state index is 14.4. The smallest absolute Gasteiger partial charge is 0.261 e. The Morgan fingerprint density at radius 1 is 1.00 bits per heavy atom. The number of hydrogen-bond acceptors (Lipinski definition) is 8. The molecule has 3 N–H and O–H groups in total. The lowest BCUT2D eigenvalue weighted by atomic mass is 10.2. The molecule has 1 aromatic heterocycles. The van der Waals surface area contributed by atoms with Gasteiger partial charge in [0, 0.05) is 11.9 Å². The second-order valence-corrected chi connectivity index (χ2v) is 11.5. The van der Waals surface area contributed by atoms with E-state index in [9.17, 15) is 17.6 Å². The van der Waals surface area contributed by atoms with Gasteiger partial charge in [0.25, 0.3) is 5.91 Å². The molecule has 4 rings (SSSR count). The number of nitrogens with zero attached hydrogens (tertiary/aromatic N) is 2. The molecule has 0 bridgehead atoms. The Hall–Kier alpha value is -4.22. The molecule has 12 heteroatoms. The van der Waals surface area contributed by atoms with Gasteiger partial charge in [-0.2, -0.15) is 4.98 Å². The normalized spacial score (nSPS) is 11.2. The summed E-state index contributed by atoms with van der Waals surface area (Å²) in [5.74, 6) is -0.725. The van der Waals surface area contributed by atoms with Gasteiger partial charge in [0.1, 0.15) is 22.9 Å². The van der Waals surface area contributed by atoms with E-state index in [0.717, 1.165) is 6.07 Å². The first kappa shape index (κ1) is 27.8. The zero-order chi connectivity index (χ0) is 28.2. The van der Waals surface area contributed by atoms with Crippen molar-refractivity contribution in [2.75, 3.05) is 23.1 Å². The molecule has 0 fully saturated rings. The Kier molecular flexibility index (Phi) is 8.32. The molecule has 0 spiro atoms. The number of carbonyl (C=O) groups is 1. The lowest BCUT2D eigenvalue weighted by molar-refractivity contribution is 0.102. The Labute approximate surface area is 230 Å². The number of hydrogen-bond donors (Lipinski definition) is 3. The first-order valence-corrected chi connectivity index (χ1v) is 13.7. The van der Waals surface area contributed by atoms with Gasteiger partial charge in [0.2, 0.25) is 5.95 Å². The van der Waals surface area contributed by atoms with Crippen LogP contribution in [0.2, 0.25) is 5.02 Å². The molecule has 9 nitrogen and oxygen atoms in total. The Balaban J connectivity index is 1.76. The van der Waals surface area contributed by atoms with Crippen molar-refractivity contribution in [1.29, 1.82) is 0 Å². The highest BCUT2D eigenvalue weighted by Gasteiger charge is 2.24. The highest BCUT2D eigenvalue weighted by molar-refractivity contribution is 7.92. The van der Waals surface area contributed by atoms with Gasteiger partial charge in [0.05, 0.1) is 33.7 Å². The second kappa shape index (κ2) is 11.7. The molecule has 4 aromatic rings. The highest BCUT2D eigenvalue weighted by Crippen LogP contribution is 2.31. The number of methoxy groups -OCH3 is 1. The zero-order valence-corrected chi connectivity index (χ0v) is 22.8. The van der Waals surface area contributed by atoms with E-state index in [1.165, 1.54) is 24.4 Å². The molecule has 1 amide bonds. The topological polar surface area (TPSA) is 122 Å². The monoisotopic (exact) mass is 569 g/mol. The summed E-state index contributed by atoms with van der Waals surface area (Å²) in [4.78, 5) is 21.9. The molecule has 0 aliphatic carbocycles. The fourth-order valence-corrected chi connectivity index (χ4v) is 4.92. The molecular weight excluding hydrogens is 545 g/mol. The second-order valence-electron chi connectivity index (χ2n) is 8.58. The van der Waals surface area contributed by atoms with Crippen LogP contribution in [-0.4, -0.2) is 36.7 Å². The van der Waals surface area contributed by atoms with Crippen molar-refractivity contribution >= 4 is 56.2 Å². The number of halogens is 2. The van der Waals surface area contributed by atoms with Gasteiger partial charge in [0.15, 0.2) is 9.84 Å². The molecule has 1 heterocycles. The number of rotatable bonds is 9. The number of anilines is 5. The minimum atomic E-state index is -3.69. The summed E-state index contributed by atoms with van der Waals surface area (Å²) in [5.41, 5.74) is 0.558. The summed E-state index contributed by atoms with van der Waals surface area (Å²) in [6.45, 7) is 3.15.